The fourth-order valence-electron chi connectivity index (χ4n) is 4.50. The molecule has 2 aliphatic heterocycles. The monoisotopic (exact) mass is 459 g/mol. The normalized spacial score (nSPS) is 23.3. The van der Waals surface area contributed by atoms with Crippen molar-refractivity contribution in [3.8, 4) is 17.2 Å². The van der Waals surface area contributed by atoms with Crippen molar-refractivity contribution in [1.29, 1.82) is 0 Å². The third kappa shape index (κ3) is 4.66. The van der Waals surface area contributed by atoms with Gasteiger partial charge in [0.2, 0.25) is 0 Å². The Morgan fingerprint density at radius 1 is 0.882 bits per heavy atom. The molecule has 2 fully saturated rings. The van der Waals surface area contributed by atoms with E-state index in [-0.39, 0.29) is 53.6 Å². The van der Waals surface area contributed by atoms with E-state index in [1.54, 1.807) is 36.4 Å². The zero-order chi connectivity index (χ0) is 23.5. The highest BCUT2D eigenvalue weighted by molar-refractivity contribution is 5.97. The number of Topliss-reactive ketones (excluding diaryl/α,β-unsaturated/α-hetero) is 1. The number of fused-ring (bicyclic) bond motifs is 1. The maximum atomic E-state index is 13.0. The van der Waals surface area contributed by atoms with Gasteiger partial charge in [0, 0.05) is 17.9 Å². The molecule has 0 aliphatic carbocycles. The largest absolute Gasteiger partial charge is 0.507 e. The molecule has 0 aromatic heterocycles. The molecule has 2 aliphatic rings. The summed E-state index contributed by atoms with van der Waals surface area (Å²) in [4.78, 5) is 25.6. The number of carbonyl (C=O) groups is 2. The van der Waals surface area contributed by atoms with Crippen LogP contribution in [0.3, 0.4) is 0 Å². The molecule has 3 aromatic rings. The van der Waals surface area contributed by atoms with Crippen LogP contribution in [-0.2, 0) is 9.47 Å². The SMILES string of the molecule is O=C(CC1COC2C(NC(=O)c3ccccc3O)COC12)c1cccc(Oc2ccccc2)c1. The van der Waals surface area contributed by atoms with Crippen LogP contribution in [0.15, 0.2) is 78.9 Å². The summed E-state index contributed by atoms with van der Waals surface area (Å²) in [6, 6.07) is 22.6. The molecule has 3 aromatic carbocycles. The van der Waals surface area contributed by atoms with Crippen LogP contribution in [-0.4, -0.2) is 48.3 Å². The molecule has 5 rings (SSSR count). The molecule has 0 radical (unpaired) electrons. The molecule has 2 heterocycles. The van der Waals surface area contributed by atoms with Crippen molar-refractivity contribution in [2.75, 3.05) is 13.2 Å². The standard InChI is InChI=1S/C27H25NO6/c29-23-12-5-4-11-21(23)27(31)28-22-16-33-25-18(15-32-26(22)25)14-24(30)17-7-6-10-20(13-17)34-19-8-2-1-3-9-19/h1-13,18,22,25-26,29H,14-16H2,(H,28,31). The zero-order valence-electron chi connectivity index (χ0n) is 18.4. The van der Waals surface area contributed by atoms with Crippen LogP contribution in [0.4, 0.5) is 0 Å². The Morgan fingerprint density at radius 3 is 2.44 bits per heavy atom. The van der Waals surface area contributed by atoms with Crippen LogP contribution < -0.4 is 10.1 Å². The minimum absolute atomic E-state index is 0.0157. The fraction of sp³-hybridized carbons (Fsp3) is 0.259. The lowest BCUT2D eigenvalue weighted by Crippen LogP contribution is -2.44. The topological polar surface area (TPSA) is 94.1 Å². The quantitative estimate of drug-likeness (QED) is 0.520. The van der Waals surface area contributed by atoms with Gasteiger partial charge in [0.25, 0.3) is 5.91 Å². The first-order valence-electron chi connectivity index (χ1n) is 11.3. The van der Waals surface area contributed by atoms with Crippen molar-refractivity contribution >= 4 is 11.7 Å². The van der Waals surface area contributed by atoms with Gasteiger partial charge in [-0.1, -0.05) is 42.5 Å². The van der Waals surface area contributed by atoms with Gasteiger partial charge in [-0.3, -0.25) is 9.59 Å². The molecule has 7 heteroatoms. The number of amides is 1. The molecule has 0 bridgehead atoms. The van der Waals surface area contributed by atoms with Gasteiger partial charge in [0.1, 0.15) is 23.4 Å². The van der Waals surface area contributed by atoms with Crippen LogP contribution in [0.1, 0.15) is 27.1 Å². The Bertz CT molecular complexity index is 1180. The summed E-state index contributed by atoms with van der Waals surface area (Å²) in [6.07, 6.45) is -0.335. The summed E-state index contributed by atoms with van der Waals surface area (Å²) in [5.41, 5.74) is 0.771. The van der Waals surface area contributed by atoms with Crippen molar-refractivity contribution in [1.82, 2.24) is 5.32 Å². The molecule has 0 saturated carbocycles. The van der Waals surface area contributed by atoms with Gasteiger partial charge in [-0.2, -0.15) is 0 Å². The third-order valence-corrected chi connectivity index (χ3v) is 6.20. The van der Waals surface area contributed by atoms with Crippen molar-refractivity contribution in [2.24, 2.45) is 5.92 Å². The molecule has 7 nitrogen and oxygen atoms in total. The van der Waals surface area contributed by atoms with Crippen LogP contribution in [0.25, 0.3) is 0 Å². The average molecular weight is 459 g/mol. The maximum Gasteiger partial charge on any atom is 0.255 e. The Hall–Kier alpha value is -3.68. The molecule has 0 spiro atoms. The van der Waals surface area contributed by atoms with Crippen LogP contribution >= 0.6 is 0 Å². The lowest BCUT2D eigenvalue weighted by Gasteiger charge is -2.18. The molecule has 174 valence electrons. The third-order valence-electron chi connectivity index (χ3n) is 6.20. The summed E-state index contributed by atoms with van der Waals surface area (Å²) in [7, 11) is 0. The first-order chi connectivity index (χ1) is 16.6. The van der Waals surface area contributed by atoms with E-state index in [4.69, 9.17) is 14.2 Å². The average Bonchev–Trinajstić information content (AvgIpc) is 3.43. The Kier molecular flexibility index (Phi) is 6.29. The minimum atomic E-state index is -0.384. The van der Waals surface area contributed by atoms with Crippen LogP contribution in [0.5, 0.6) is 17.2 Å². The van der Waals surface area contributed by atoms with Gasteiger partial charge in [-0.15, -0.1) is 0 Å². The maximum absolute atomic E-state index is 13.0. The second-order valence-corrected chi connectivity index (χ2v) is 8.52. The Labute approximate surface area is 197 Å². The number of rotatable bonds is 7. The molecule has 1 amide bonds. The molecular weight excluding hydrogens is 434 g/mol. The predicted octanol–water partition coefficient (Wildman–Crippen LogP) is 3.97. The van der Waals surface area contributed by atoms with E-state index in [1.165, 1.54) is 6.07 Å². The van der Waals surface area contributed by atoms with E-state index in [9.17, 15) is 14.7 Å². The van der Waals surface area contributed by atoms with E-state index in [2.05, 4.69) is 5.32 Å². The summed E-state index contributed by atoms with van der Waals surface area (Å²) >= 11 is 0. The van der Waals surface area contributed by atoms with Gasteiger partial charge in [-0.25, -0.2) is 0 Å². The van der Waals surface area contributed by atoms with Crippen molar-refractivity contribution in [3.05, 3.63) is 90.0 Å². The van der Waals surface area contributed by atoms with E-state index in [1.807, 2.05) is 36.4 Å². The predicted molar refractivity (Wildman–Crippen MR) is 124 cm³/mol. The number of hydrogen-bond donors (Lipinski definition) is 2. The molecule has 4 unspecified atom stereocenters. The second-order valence-electron chi connectivity index (χ2n) is 8.52. The highest BCUT2D eigenvalue weighted by Gasteiger charge is 2.48. The number of aromatic hydroxyl groups is 1. The second kappa shape index (κ2) is 9.67. The number of benzene rings is 3. The lowest BCUT2D eigenvalue weighted by molar-refractivity contribution is 0.0591. The van der Waals surface area contributed by atoms with Crippen molar-refractivity contribution in [2.45, 2.75) is 24.7 Å². The van der Waals surface area contributed by atoms with Crippen LogP contribution in [0.2, 0.25) is 0 Å². The smallest absolute Gasteiger partial charge is 0.255 e. The number of para-hydroxylation sites is 2. The van der Waals surface area contributed by atoms with Gasteiger partial charge in [0.05, 0.1) is 30.9 Å². The molecule has 34 heavy (non-hydrogen) atoms. The number of ketones is 1. The number of carbonyl (C=O) groups excluding carboxylic acids is 2. The number of nitrogens with one attached hydrogen (secondary N) is 1. The highest BCUT2D eigenvalue weighted by atomic mass is 16.6. The van der Waals surface area contributed by atoms with E-state index < -0.39 is 0 Å². The van der Waals surface area contributed by atoms with Crippen molar-refractivity contribution in [3.63, 3.8) is 0 Å². The molecule has 2 N–H and O–H groups in total. The Balaban J connectivity index is 1.20. The van der Waals surface area contributed by atoms with Gasteiger partial charge >= 0.3 is 0 Å². The van der Waals surface area contributed by atoms with Gasteiger partial charge in [-0.05, 0) is 36.4 Å². The summed E-state index contributed by atoms with van der Waals surface area (Å²) < 4.78 is 17.7. The molecule has 2 saturated heterocycles. The number of phenolic OH excluding ortho intramolecular Hbond substituents is 1. The summed E-state index contributed by atoms with van der Waals surface area (Å²) in [5.74, 6) is 0.716. The molecule has 4 atom stereocenters. The Morgan fingerprint density at radius 2 is 1.62 bits per heavy atom. The van der Waals surface area contributed by atoms with Crippen molar-refractivity contribution < 1.29 is 28.9 Å². The first-order valence-corrected chi connectivity index (χ1v) is 11.3. The number of phenols is 1. The van der Waals surface area contributed by atoms with E-state index in [0.29, 0.717) is 30.3 Å². The van der Waals surface area contributed by atoms with E-state index in [0.717, 1.165) is 0 Å². The van der Waals surface area contributed by atoms with Gasteiger partial charge in [0.15, 0.2) is 5.78 Å². The summed E-state index contributed by atoms with van der Waals surface area (Å²) in [6.45, 7) is 0.671. The minimum Gasteiger partial charge on any atom is -0.507 e. The summed E-state index contributed by atoms with van der Waals surface area (Å²) in [5, 5.41) is 12.8. The fourth-order valence-corrected chi connectivity index (χ4v) is 4.50. The van der Waals surface area contributed by atoms with Crippen LogP contribution in [0, 0.1) is 5.92 Å². The zero-order valence-corrected chi connectivity index (χ0v) is 18.4. The number of hydrogen-bond acceptors (Lipinski definition) is 6. The van der Waals surface area contributed by atoms with E-state index >= 15 is 0 Å². The first kappa shape index (κ1) is 22.1. The lowest BCUT2D eigenvalue weighted by atomic mass is 9.92. The van der Waals surface area contributed by atoms with Gasteiger partial charge < -0.3 is 24.6 Å². The highest BCUT2D eigenvalue weighted by Crippen LogP contribution is 2.34. The molecular formula is C27H25NO6. The number of ether oxygens (including phenoxy) is 3.